The van der Waals surface area contributed by atoms with Crippen LogP contribution in [0.25, 0.3) is 0 Å². The molecule has 0 aromatic rings. The van der Waals surface area contributed by atoms with Gasteiger partial charge in [-0.05, 0) is 25.7 Å². The molecule has 10 nitrogen and oxygen atoms in total. The number of nitrogens with zero attached hydrogens (tertiary/aromatic N) is 6. The van der Waals surface area contributed by atoms with E-state index in [4.69, 9.17) is 0 Å². The first kappa shape index (κ1) is 20.8. The van der Waals surface area contributed by atoms with Crippen molar-refractivity contribution in [2.45, 2.75) is 25.7 Å². The number of fused-ring (bicyclic) bond motifs is 1. The smallest absolute Gasteiger partial charge is 0.332 e. The Labute approximate surface area is 186 Å². The molecule has 5 rings (SSSR count). The van der Waals surface area contributed by atoms with Gasteiger partial charge in [0.25, 0.3) is 5.91 Å². The van der Waals surface area contributed by atoms with Crippen molar-refractivity contribution in [1.29, 1.82) is 0 Å². The van der Waals surface area contributed by atoms with Crippen LogP contribution in [0.3, 0.4) is 0 Å². The molecule has 0 bridgehead atoms. The third-order valence-corrected chi connectivity index (χ3v) is 7.02. The van der Waals surface area contributed by atoms with Crippen LogP contribution in [0.4, 0.5) is 4.79 Å². The summed E-state index contributed by atoms with van der Waals surface area (Å²) in [6.07, 6.45) is 7.30. The lowest BCUT2D eigenvalue weighted by atomic mass is 9.94. The first-order valence-corrected chi connectivity index (χ1v) is 11.5. The fraction of sp³-hybridized carbons (Fsp3) is 0.636. The fourth-order valence-corrected chi connectivity index (χ4v) is 4.95. The zero-order chi connectivity index (χ0) is 22.4. The molecule has 0 spiro atoms. The molecule has 32 heavy (non-hydrogen) atoms. The molecule has 170 valence electrons. The maximum Gasteiger partial charge on any atom is 0.332 e. The van der Waals surface area contributed by atoms with Crippen molar-refractivity contribution >= 4 is 35.3 Å². The third kappa shape index (κ3) is 3.61. The van der Waals surface area contributed by atoms with Gasteiger partial charge < -0.3 is 9.80 Å². The van der Waals surface area contributed by atoms with E-state index in [1.807, 2.05) is 11.0 Å². The molecule has 5 aliphatic rings. The molecule has 1 aliphatic carbocycles. The standard InChI is InChI=1S/C22H29N6O4/c1-24-19-18(21(31)28(22(24)32)14-17(29)26-8-2-3-9-26)16(6-7-23-19)25-10-12-27(13-11-25)20(30)15-4-5-15/h6-7,15,18H,2-5,8-14H2,1H3/q+1. The Balaban J connectivity index is 1.36. The van der Waals surface area contributed by atoms with Crippen LogP contribution >= 0.6 is 0 Å². The average Bonchev–Trinajstić information content (AvgIpc) is 3.52. The summed E-state index contributed by atoms with van der Waals surface area (Å²) in [6, 6.07) is -0.521. The summed E-state index contributed by atoms with van der Waals surface area (Å²) in [6.45, 7) is 3.58. The number of rotatable bonds is 3. The Hall–Kier alpha value is -3.04. The van der Waals surface area contributed by atoms with Gasteiger partial charge in [-0.1, -0.05) is 0 Å². The molecular formula is C22H29N6O4+. The highest BCUT2D eigenvalue weighted by molar-refractivity contribution is 6.31. The SMILES string of the molecule is CN1C(=O)N(CC(=O)N2CCCC2)C(=O)C2C1=NC=CC2=[N+]1CCN(C(=O)C2CC2)CC1. The number of allylic oxidation sites excluding steroid dienone is 1. The Morgan fingerprint density at radius 1 is 1.06 bits per heavy atom. The van der Waals surface area contributed by atoms with Gasteiger partial charge in [-0.15, -0.1) is 0 Å². The number of carbonyl (C=O) groups excluding carboxylic acids is 4. The number of amides is 5. The summed E-state index contributed by atoms with van der Waals surface area (Å²) in [5, 5.41) is 0. The highest BCUT2D eigenvalue weighted by Gasteiger charge is 2.49. The topological polar surface area (TPSA) is 96.6 Å². The molecule has 4 heterocycles. The van der Waals surface area contributed by atoms with E-state index in [0.29, 0.717) is 45.1 Å². The molecule has 10 heteroatoms. The minimum Gasteiger partial charge on any atom is -0.341 e. The van der Waals surface area contributed by atoms with Crippen LogP contribution < -0.4 is 0 Å². The van der Waals surface area contributed by atoms with Gasteiger partial charge in [0.2, 0.25) is 11.8 Å². The second-order valence-electron chi connectivity index (χ2n) is 9.10. The van der Waals surface area contributed by atoms with Crippen LogP contribution in [0.1, 0.15) is 25.7 Å². The highest BCUT2D eigenvalue weighted by atomic mass is 16.2. The minimum absolute atomic E-state index is 0.196. The number of amidine groups is 1. The maximum atomic E-state index is 13.5. The van der Waals surface area contributed by atoms with Crippen LogP contribution in [0.2, 0.25) is 0 Å². The van der Waals surface area contributed by atoms with Gasteiger partial charge in [-0.25, -0.2) is 14.4 Å². The number of imide groups is 1. The molecule has 5 amide bonds. The number of hydrogen-bond donors (Lipinski definition) is 0. The lowest BCUT2D eigenvalue weighted by Gasteiger charge is -2.38. The van der Waals surface area contributed by atoms with Gasteiger partial charge in [0.15, 0.2) is 24.7 Å². The van der Waals surface area contributed by atoms with Gasteiger partial charge in [0.1, 0.15) is 12.4 Å². The van der Waals surface area contributed by atoms with Crippen molar-refractivity contribution in [1.82, 2.24) is 19.6 Å². The Morgan fingerprint density at radius 2 is 1.75 bits per heavy atom. The molecule has 4 fully saturated rings. The van der Waals surface area contributed by atoms with Gasteiger partial charge in [0, 0.05) is 38.3 Å². The normalized spacial score (nSPS) is 26.0. The number of hydrogen-bond acceptors (Lipinski definition) is 5. The van der Waals surface area contributed by atoms with Gasteiger partial charge in [-0.3, -0.25) is 24.2 Å². The van der Waals surface area contributed by atoms with E-state index in [0.717, 1.165) is 36.3 Å². The van der Waals surface area contributed by atoms with Crippen molar-refractivity contribution < 1.29 is 23.8 Å². The summed E-state index contributed by atoms with van der Waals surface area (Å²) in [4.78, 5) is 61.8. The van der Waals surface area contributed by atoms with E-state index in [-0.39, 0.29) is 24.3 Å². The predicted molar refractivity (Wildman–Crippen MR) is 115 cm³/mol. The first-order valence-electron chi connectivity index (χ1n) is 11.5. The maximum absolute atomic E-state index is 13.5. The summed E-state index contributed by atoms with van der Waals surface area (Å²) in [7, 11) is 1.59. The Morgan fingerprint density at radius 3 is 2.41 bits per heavy atom. The van der Waals surface area contributed by atoms with Crippen molar-refractivity contribution in [2.75, 3.05) is 52.9 Å². The quantitative estimate of drug-likeness (QED) is 0.564. The van der Waals surface area contributed by atoms with Gasteiger partial charge >= 0.3 is 6.03 Å². The number of aliphatic imine (C=N–C) groups is 1. The second-order valence-corrected chi connectivity index (χ2v) is 9.10. The molecule has 0 N–H and O–H groups in total. The molecule has 1 saturated carbocycles. The molecular weight excluding hydrogens is 412 g/mol. The molecule has 1 unspecified atom stereocenters. The number of carbonyl (C=O) groups is 4. The zero-order valence-corrected chi connectivity index (χ0v) is 18.4. The highest BCUT2D eigenvalue weighted by Crippen LogP contribution is 2.31. The molecule has 3 saturated heterocycles. The lowest BCUT2D eigenvalue weighted by Crippen LogP contribution is -2.63. The molecule has 4 aliphatic heterocycles. The third-order valence-electron chi connectivity index (χ3n) is 7.02. The van der Waals surface area contributed by atoms with Crippen LogP contribution in [0.15, 0.2) is 17.3 Å². The van der Waals surface area contributed by atoms with E-state index >= 15 is 0 Å². The molecule has 0 radical (unpaired) electrons. The van der Waals surface area contributed by atoms with Gasteiger partial charge in [0.05, 0.1) is 13.1 Å². The van der Waals surface area contributed by atoms with E-state index in [1.54, 1.807) is 18.1 Å². The van der Waals surface area contributed by atoms with Crippen molar-refractivity contribution in [3.8, 4) is 0 Å². The van der Waals surface area contributed by atoms with Crippen LogP contribution in [0.5, 0.6) is 0 Å². The summed E-state index contributed by atoms with van der Waals surface area (Å²) in [5.74, 6) is -0.502. The van der Waals surface area contributed by atoms with E-state index in [9.17, 15) is 19.2 Å². The largest absolute Gasteiger partial charge is 0.341 e. The first-order chi connectivity index (χ1) is 15.5. The Kier molecular flexibility index (Phi) is 5.30. The van der Waals surface area contributed by atoms with Crippen molar-refractivity contribution in [2.24, 2.45) is 16.8 Å². The number of piperazine rings is 1. The summed E-state index contributed by atoms with van der Waals surface area (Å²) in [5.41, 5.74) is 0.775. The lowest BCUT2D eigenvalue weighted by molar-refractivity contribution is -0.539. The zero-order valence-electron chi connectivity index (χ0n) is 18.4. The van der Waals surface area contributed by atoms with Crippen LogP contribution in [-0.4, -0.2) is 112 Å². The van der Waals surface area contributed by atoms with Crippen LogP contribution in [-0.2, 0) is 14.4 Å². The average molecular weight is 442 g/mol. The van der Waals surface area contributed by atoms with Crippen molar-refractivity contribution in [3.63, 3.8) is 0 Å². The molecule has 0 aromatic heterocycles. The van der Waals surface area contributed by atoms with Crippen LogP contribution in [0, 0.1) is 11.8 Å². The monoisotopic (exact) mass is 441 g/mol. The second kappa shape index (κ2) is 8.14. The van der Waals surface area contributed by atoms with E-state index < -0.39 is 17.9 Å². The molecule has 0 aromatic carbocycles. The fourth-order valence-electron chi connectivity index (χ4n) is 4.95. The predicted octanol–water partition coefficient (Wildman–Crippen LogP) is -0.249. The van der Waals surface area contributed by atoms with E-state index in [2.05, 4.69) is 9.57 Å². The summed E-state index contributed by atoms with van der Waals surface area (Å²) >= 11 is 0. The molecule has 1 atom stereocenters. The van der Waals surface area contributed by atoms with E-state index in [1.165, 1.54) is 4.90 Å². The van der Waals surface area contributed by atoms with Gasteiger partial charge in [-0.2, -0.15) is 0 Å². The number of likely N-dealkylation sites (tertiary alicyclic amines) is 1. The minimum atomic E-state index is -0.722. The summed E-state index contributed by atoms with van der Waals surface area (Å²) < 4.78 is 2.11. The number of urea groups is 1. The Bertz CT molecular complexity index is 949. The van der Waals surface area contributed by atoms with Crippen molar-refractivity contribution in [3.05, 3.63) is 12.3 Å².